The summed E-state index contributed by atoms with van der Waals surface area (Å²) in [5.41, 5.74) is 7.23. The van der Waals surface area contributed by atoms with Gasteiger partial charge in [0.05, 0.1) is 6.61 Å². The number of allylic oxidation sites excluding steroid dienone is 2. The number of benzene rings is 1. The van der Waals surface area contributed by atoms with Crippen LogP contribution in [0.4, 0.5) is 0 Å². The van der Waals surface area contributed by atoms with Crippen molar-refractivity contribution in [2.24, 2.45) is 5.73 Å². The second-order valence-electron chi connectivity index (χ2n) is 8.13. The van der Waals surface area contributed by atoms with Crippen molar-refractivity contribution in [3.63, 3.8) is 0 Å². The highest BCUT2D eigenvalue weighted by molar-refractivity contribution is 6.04. The van der Waals surface area contributed by atoms with Crippen LogP contribution >= 0.6 is 0 Å². The number of nitrogens with one attached hydrogen (secondary N) is 1. The van der Waals surface area contributed by atoms with Crippen molar-refractivity contribution in [3.8, 4) is 5.75 Å². The van der Waals surface area contributed by atoms with E-state index in [1.807, 2.05) is 24.3 Å². The topological polar surface area (TPSA) is 67.6 Å². The molecule has 0 saturated heterocycles. The molecular weight excluding hydrogens is 386 g/mol. The molecule has 0 aliphatic carbocycles. The molecule has 0 unspecified atom stereocenters. The van der Waals surface area contributed by atoms with Gasteiger partial charge in [0.2, 0.25) is 0 Å². The number of nitrogens with two attached hydrogens (primary N) is 1. The van der Waals surface area contributed by atoms with Gasteiger partial charge in [0, 0.05) is 37.0 Å². The van der Waals surface area contributed by atoms with Gasteiger partial charge in [0.1, 0.15) is 5.75 Å². The van der Waals surface area contributed by atoms with Crippen LogP contribution in [0.15, 0.2) is 36.0 Å². The molecule has 0 radical (unpaired) electrons. The number of ketones is 1. The van der Waals surface area contributed by atoms with Crippen molar-refractivity contribution in [2.45, 2.75) is 72.1 Å². The normalized spacial score (nSPS) is 11.7. The summed E-state index contributed by atoms with van der Waals surface area (Å²) < 4.78 is 5.91. The molecule has 0 aliphatic rings. The van der Waals surface area contributed by atoms with Crippen molar-refractivity contribution in [1.29, 1.82) is 0 Å². The first-order chi connectivity index (χ1) is 15.1. The predicted octanol–water partition coefficient (Wildman–Crippen LogP) is 5.16. The minimum atomic E-state index is 0.0182. The Kier molecular flexibility index (Phi) is 15.6. The van der Waals surface area contributed by atoms with E-state index in [9.17, 15) is 4.79 Å². The molecule has 0 aromatic heterocycles. The Morgan fingerprint density at radius 2 is 1.58 bits per heavy atom. The number of nitrogens with zero attached hydrogens (tertiary/aromatic N) is 1. The molecule has 1 aromatic rings. The quantitative estimate of drug-likeness (QED) is 0.180. The summed E-state index contributed by atoms with van der Waals surface area (Å²) in [7, 11) is 0. The molecule has 0 bridgehead atoms. The number of ether oxygens (including phenoxy) is 1. The van der Waals surface area contributed by atoms with Crippen LogP contribution in [0.1, 0.15) is 82.5 Å². The summed E-state index contributed by atoms with van der Waals surface area (Å²) in [5, 5.41) is 3.27. The van der Waals surface area contributed by atoms with Gasteiger partial charge < -0.3 is 20.7 Å². The van der Waals surface area contributed by atoms with Crippen LogP contribution in [0.3, 0.4) is 0 Å². The molecule has 0 aliphatic heterocycles. The Morgan fingerprint density at radius 1 is 0.968 bits per heavy atom. The molecule has 3 N–H and O–H groups in total. The minimum absolute atomic E-state index is 0.0182. The molecule has 0 saturated carbocycles. The maximum Gasteiger partial charge on any atom is 0.187 e. The number of unbranched alkanes of at least 4 members (excludes halogenated alkanes) is 3. The summed E-state index contributed by atoms with van der Waals surface area (Å²) in [5.74, 6) is 0.839. The second-order valence-corrected chi connectivity index (χ2v) is 8.13. The third-order valence-corrected chi connectivity index (χ3v) is 5.28. The first-order valence-electron chi connectivity index (χ1n) is 12.3. The fourth-order valence-electron chi connectivity index (χ4n) is 3.35. The monoisotopic (exact) mass is 431 g/mol. The molecule has 5 nitrogen and oxygen atoms in total. The van der Waals surface area contributed by atoms with Crippen molar-refractivity contribution in [1.82, 2.24) is 10.2 Å². The van der Waals surface area contributed by atoms with E-state index >= 15 is 0 Å². The van der Waals surface area contributed by atoms with Crippen LogP contribution < -0.4 is 15.8 Å². The standard InChI is InChI=1S/C26H45N3O2/c1-4-7-11-24(28-17-16-27)22-26(30)23-12-14-25(15-13-23)31-21-10-20-29(18-8-5-2)19-9-6-3/h12-15,22,28H,4-11,16-21,27H2,1-3H3/b24-22+. The summed E-state index contributed by atoms with van der Waals surface area (Å²) >= 11 is 0. The highest BCUT2D eigenvalue weighted by Crippen LogP contribution is 2.15. The highest BCUT2D eigenvalue weighted by Gasteiger charge is 2.07. The lowest BCUT2D eigenvalue weighted by Gasteiger charge is -2.21. The summed E-state index contributed by atoms with van der Waals surface area (Å²) in [6.07, 6.45) is 10.7. The van der Waals surface area contributed by atoms with Crippen LogP contribution in [0.25, 0.3) is 0 Å². The molecule has 31 heavy (non-hydrogen) atoms. The lowest BCUT2D eigenvalue weighted by molar-refractivity contribution is 0.104. The van der Waals surface area contributed by atoms with Crippen LogP contribution in [-0.2, 0) is 0 Å². The van der Waals surface area contributed by atoms with Gasteiger partial charge in [-0.1, -0.05) is 40.0 Å². The molecule has 1 aromatic carbocycles. The number of rotatable bonds is 19. The molecule has 176 valence electrons. The zero-order chi connectivity index (χ0) is 22.7. The maximum absolute atomic E-state index is 12.6. The average molecular weight is 432 g/mol. The number of carbonyl (C=O) groups is 1. The fraction of sp³-hybridized carbons (Fsp3) is 0.654. The van der Waals surface area contributed by atoms with E-state index in [0.717, 1.165) is 43.7 Å². The van der Waals surface area contributed by atoms with Crippen LogP contribution in [0.5, 0.6) is 5.75 Å². The van der Waals surface area contributed by atoms with Crippen LogP contribution in [0.2, 0.25) is 0 Å². The minimum Gasteiger partial charge on any atom is -0.494 e. The maximum atomic E-state index is 12.6. The van der Waals surface area contributed by atoms with Crippen LogP contribution in [-0.4, -0.2) is 50.0 Å². The third-order valence-electron chi connectivity index (χ3n) is 5.28. The van der Waals surface area contributed by atoms with Gasteiger partial charge in [0.15, 0.2) is 5.78 Å². The van der Waals surface area contributed by atoms with E-state index in [1.54, 1.807) is 6.08 Å². The number of hydrogen-bond acceptors (Lipinski definition) is 5. The summed E-state index contributed by atoms with van der Waals surface area (Å²) in [6.45, 7) is 12.0. The van der Waals surface area contributed by atoms with Crippen molar-refractivity contribution >= 4 is 5.78 Å². The second kappa shape index (κ2) is 17.8. The largest absolute Gasteiger partial charge is 0.494 e. The number of hydrogen-bond donors (Lipinski definition) is 2. The van der Waals surface area contributed by atoms with Gasteiger partial charge in [-0.3, -0.25) is 4.79 Å². The van der Waals surface area contributed by atoms with Gasteiger partial charge in [-0.25, -0.2) is 0 Å². The van der Waals surface area contributed by atoms with Crippen molar-refractivity contribution in [3.05, 3.63) is 41.6 Å². The SMILES string of the molecule is CCCC/C(=C\C(=O)c1ccc(OCCCN(CCCC)CCCC)cc1)NCCN. The Morgan fingerprint density at radius 3 is 2.16 bits per heavy atom. The Labute approximate surface area is 190 Å². The fourth-order valence-corrected chi connectivity index (χ4v) is 3.35. The van der Waals surface area contributed by atoms with Gasteiger partial charge in [-0.05, 0) is 69.5 Å². The highest BCUT2D eigenvalue weighted by atomic mass is 16.5. The van der Waals surface area contributed by atoms with Gasteiger partial charge in [-0.15, -0.1) is 0 Å². The molecule has 5 heteroatoms. The van der Waals surface area contributed by atoms with Crippen molar-refractivity contribution in [2.75, 3.05) is 39.3 Å². The molecule has 0 amide bonds. The Hall–Kier alpha value is -1.85. The smallest absolute Gasteiger partial charge is 0.187 e. The van der Waals surface area contributed by atoms with Crippen LogP contribution in [0, 0.1) is 0 Å². The molecule has 1 rings (SSSR count). The lowest BCUT2D eigenvalue weighted by atomic mass is 10.1. The Bertz CT molecular complexity index is 596. The molecule has 0 heterocycles. The summed E-state index contributed by atoms with van der Waals surface area (Å²) in [4.78, 5) is 15.2. The molecule has 0 fully saturated rings. The first kappa shape index (κ1) is 27.2. The Balaban J connectivity index is 2.50. The van der Waals surface area contributed by atoms with E-state index in [2.05, 4.69) is 31.0 Å². The van der Waals surface area contributed by atoms with Crippen molar-refractivity contribution < 1.29 is 9.53 Å². The van der Waals surface area contributed by atoms with E-state index in [1.165, 1.54) is 38.8 Å². The van der Waals surface area contributed by atoms with Gasteiger partial charge in [0.25, 0.3) is 0 Å². The zero-order valence-corrected chi connectivity index (χ0v) is 20.1. The summed E-state index contributed by atoms with van der Waals surface area (Å²) in [6, 6.07) is 7.49. The van der Waals surface area contributed by atoms with E-state index < -0.39 is 0 Å². The van der Waals surface area contributed by atoms with E-state index in [-0.39, 0.29) is 5.78 Å². The average Bonchev–Trinajstić information content (AvgIpc) is 2.79. The number of carbonyl (C=O) groups excluding carboxylic acids is 1. The van der Waals surface area contributed by atoms with Gasteiger partial charge >= 0.3 is 0 Å². The zero-order valence-electron chi connectivity index (χ0n) is 20.1. The molecule has 0 spiro atoms. The van der Waals surface area contributed by atoms with Gasteiger partial charge in [-0.2, -0.15) is 0 Å². The van der Waals surface area contributed by atoms with E-state index in [4.69, 9.17) is 10.5 Å². The van der Waals surface area contributed by atoms with E-state index in [0.29, 0.717) is 25.3 Å². The predicted molar refractivity (Wildman–Crippen MR) is 132 cm³/mol. The molecule has 0 atom stereocenters. The molecular formula is C26H45N3O2. The lowest BCUT2D eigenvalue weighted by Crippen LogP contribution is -2.28. The third kappa shape index (κ3) is 12.6. The first-order valence-corrected chi connectivity index (χ1v) is 12.3.